The maximum atomic E-state index is 13.5. The van der Waals surface area contributed by atoms with Crippen molar-refractivity contribution in [3.8, 4) is 16.9 Å². The largest absolute Gasteiger partial charge is 0.507 e. The van der Waals surface area contributed by atoms with E-state index in [1.807, 2.05) is 6.55 Å². The van der Waals surface area contributed by atoms with Crippen molar-refractivity contribution in [1.82, 2.24) is 4.90 Å². The normalized spacial score (nSPS) is 15.5. The number of benzene rings is 2. The first kappa shape index (κ1) is 34.2. The summed E-state index contributed by atoms with van der Waals surface area (Å²) in [5.74, 6) is -3.20. The highest BCUT2D eigenvalue weighted by atomic mass is 32.2. The highest BCUT2D eigenvalue weighted by molar-refractivity contribution is 8.26. The van der Waals surface area contributed by atoms with E-state index >= 15 is 0 Å². The van der Waals surface area contributed by atoms with Crippen molar-refractivity contribution >= 4 is 78.7 Å². The summed E-state index contributed by atoms with van der Waals surface area (Å²) in [5.41, 5.74) is -3.42. The maximum absolute atomic E-state index is 13.5. The minimum absolute atomic E-state index is 0.0432. The van der Waals surface area contributed by atoms with Crippen LogP contribution in [0.15, 0.2) is 52.7 Å². The number of halogens is 6. The van der Waals surface area contributed by atoms with E-state index in [9.17, 15) is 45.8 Å². The average molecular weight is 703 g/mol. The summed E-state index contributed by atoms with van der Waals surface area (Å²) < 4.78 is 80.1. The number of carboxylic acid groups (broad SMARTS) is 1. The van der Waals surface area contributed by atoms with Gasteiger partial charge in [-0.05, 0) is 65.4 Å². The summed E-state index contributed by atoms with van der Waals surface area (Å²) in [4.78, 5) is 39.5. The number of aromatic hydroxyl groups is 1. The van der Waals surface area contributed by atoms with Crippen LogP contribution in [0.1, 0.15) is 32.8 Å². The number of carbonyl (C=O) groups is 3. The van der Waals surface area contributed by atoms with Crippen LogP contribution in [-0.4, -0.2) is 52.8 Å². The van der Waals surface area contributed by atoms with Crippen molar-refractivity contribution in [3.05, 3.63) is 74.3 Å². The van der Waals surface area contributed by atoms with E-state index in [2.05, 4.69) is 5.32 Å². The number of carboxylic acids is 1. The Morgan fingerprint density at radius 1 is 1.04 bits per heavy atom. The molecule has 3 aromatic rings. The van der Waals surface area contributed by atoms with Crippen LogP contribution in [0.3, 0.4) is 0 Å². The summed E-state index contributed by atoms with van der Waals surface area (Å²) in [7, 11) is 0.429. The lowest BCUT2D eigenvalue weighted by Crippen LogP contribution is -2.46. The van der Waals surface area contributed by atoms with Gasteiger partial charge in [0, 0.05) is 26.2 Å². The number of phenols is 1. The molecule has 2 aromatic carbocycles. The monoisotopic (exact) mass is 702 g/mol. The van der Waals surface area contributed by atoms with E-state index in [-0.39, 0.29) is 44.1 Å². The highest BCUT2D eigenvalue weighted by Crippen LogP contribution is 2.41. The smallest absolute Gasteiger partial charge is 0.416 e. The number of hydrogen-bond acceptors (Lipinski definition) is 7. The van der Waals surface area contributed by atoms with Crippen LogP contribution in [-0.2, 0) is 21.9 Å². The molecule has 0 saturated carbocycles. The van der Waals surface area contributed by atoms with Crippen LogP contribution in [0.5, 0.6) is 5.75 Å². The van der Waals surface area contributed by atoms with Crippen LogP contribution in [0.25, 0.3) is 17.2 Å². The van der Waals surface area contributed by atoms with Crippen molar-refractivity contribution in [2.75, 3.05) is 5.32 Å². The SMILES string of the molecule is C[Si]CC[C@@H](C(=O)Nc1ccc(C(=O)O)c(O)c1)N1C(=O)/C(=C/c2cc(-c3cc(C(F)(F)F)cc(C(F)(F)F)c3)cs2)SC1=S. The molecule has 2 heterocycles. The van der Waals surface area contributed by atoms with Gasteiger partial charge in [-0.1, -0.05) is 36.6 Å². The second-order valence-electron chi connectivity index (χ2n) is 9.52. The van der Waals surface area contributed by atoms with Crippen LogP contribution in [0, 0.1) is 0 Å². The van der Waals surface area contributed by atoms with Crippen LogP contribution < -0.4 is 5.32 Å². The lowest BCUT2D eigenvalue weighted by Gasteiger charge is -2.26. The number of alkyl halides is 6. The van der Waals surface area contributed by atoms with Crippen molar-refractivity contribution in [2.24, 2.45) is 0 Å². The molecular formula is C28H20F6N2O5S3Si. The Kier molecular flexibility index (Phi) is 10.2. The molecule has 2 radical (unpaired) electrons. The Morgan fingerprint density at radius 3 is 2.24 bits per heavy atom. The fraction of sp³-hybridized carbons (Fsp3) is 0.214. The molecule has 0 aliphatic carbocycles. The minimum atomic E-state index is -5.01. The molecule has 0 unspecified atom stereocenters. The van der Waals surface area contributed by atoms with Gasteiger partial charge in [0.2, 0.25) is 5.91 Å². The van der Waals surface area contributed by atoms with Crippen LogP contribution in [0.4, 0.5) is 32.0 Å². The third-order valence-corrected chi connectivity index (χ3v) is 9.41. The summed E-state index contributed by atoms with van der Waals surface area (Å²) in [6, 6.07) is 5.56. The number of nitrogens with one attached hydrogen (secondary N) is 1. The van der Waals surface area contributed by atoms with Gasteiger partial charge in [0.25, 0.3) is 5.91 Å². The van der Waals surface area contributed by atoms with Gasteiger partial charge in [-0.25, -0.2) is 4.79 Å². The fourth-order valence-electron chi connectivity index (χ4n) is 4.25. The number of aromatic carboxylic acids is 1. The molecular weight excluding hydrogens is 683 g/mol. The molecule has 3 N–H and O–H groups in total. The van der Waals surface area contributed by atoms with Gasteiger partial charge in [0.1, 0.15) is 21.7 Å². The van der Waals surface area contributed by atoms with Crippen LogP contribution in [0.2, 0.25) is 12.6 Å². The molecule has 0 bridgehead atoms. The quantitative estimate of drug-likeness (QED) is 0.0912. The third-order valence-electron chi connectivity index (χ3n) is 6.42. The Labute approximate surface area is 267 Å². The number of thioether (sulfide) groups is 1. The molecule has 4 rings (SSSR count). The molecule has 236 valence electrons. The van der Waals surface area contributed by atoms with Crippen molar-refractivity contribution in [1.29, 1.82) is 0 Å². The molecule has 0 spiro atoms. The zero-order valence-electron chi connectivity index (χ0n) is 22.7. The van der Waals surface area contributed by atoms with Crippen molar-refractivity contribution in [2.45, 2.75) is 37.4 Å². The van der Waals surface area contributed by atoms with Gasteiger partial charge in [0.05, 0.1) is 16.0 Å². The topological polar surface area (TPSA) is 107 Å². The minimum Gasteiger partial charge on any atom is -0.507 e. The van der Waals surface area contributed by atoms with E-state index in [0.29, 0.717) is 32.6 Å². The number of thiophene rings is 1. The number of thiocarbonyl (C=S) groups is 1. The summed E-state index contributed by atoms with van der Waals surface area (Å²) in [6.07, 6.45) is -8.40. The van der Waals surface area contributed by atoms with Gasteiger partial charge in [0.15, 0.2) is 0 Å². The number of hydrogen-bond donors (Lipinski definition) is 3. The molecule has 1 saturated heterocycles. The van der Waals surface area contributed by atoms with Crippen molar-refractivity contribution in [3.63, 3.8) is 0 Å². The molecule has 17 heteroatoms. The molecule has 1 aliphatic rings. The predicted molar refractivity (Wildman–Crippen MR) is 163 cm³/mol. The molecule has 1 aliphatic heterocycles. The first-order chi connectivity index (χ1) is 21.0. The summed E-state index contributed by atoms with van der Waals surface area (Å²) in [6.45, 7) is 1.90. The van der Waals surface area contributed by atoms with Gasteiger partial charge < -0.3 is 15.5 Å². The average Bonchev–Trinajstić information content (AvgIpc) is 3.52. The number of rotatable bonds is 9. The third kappa shape index (κ3) is 7.95. The Bertz CT molecular complexity index is 1670. The molecule has 1 atom stereocenters. The van der Waals surface area contributed by atoms with Gasteiger partial charge in [-0.2, -0.15) is 26.3 Å². The number of amides is 2. The summed E-state index contributed by atoms with van der Waals surface area (Å²) >= 11 is 7.27. The van der Waals surface area contributed by atoms with Gasteiger partial charge >= 0.3 is 18.3 Å². The molecule has 2 amide bonds. The summed E-state index contributed by atoms with van der Waals surface area (Å²) in [5, 5.41) is 23.0. The maximum Gasteiger partial charge on any atom is 0.416 e. The standard InChI is InChI=1S/C28H20F6N2O5S3Si/c1-45-5-4-20(23(38)35-17-2-3-19(25(40)41)21(37)10-17)36-24(39)22(44-26(36)42)11-18-8-14(12-43-18)13-6-15(27(29,30)31)9-16(7-13)28(32,33)34/h2-3,6-12,20,37H,4-5H2,1H3,(H,35,38)(H,40,41)/b22-11-/t20-/m0/s1. The highest BCUT2D eigenvalue weighted by Gasteiger charge is 2.40. The zero-order chi connectivity index (χ0) is 33.3. The predicted octanol–water partition coefficient (Wildman–Crippen LogP) is 7.63. The lowest BCUT2D eigenvalue weighted by atomic mass is 10.0. The van der Waals surface area contributed by atoms with E-state index in [0.717, 1.165) is 40.1 Å². The van der Waals surface area contributed by atoms with Crippen LogP contribution >= 0.6 is 35.3 Å². The molecule has 1 aromatic heterocycles. The molecule has 1 fully saturated rings. The van der Waals surface area contributed by atoms with Gasteiger partial charge in [-0.3, -0.25) is 14.5 Å². The van der Waals surface area contributed by atoms with E-state index in [4.69, 9.17) is 17.3 Å². The second-order valence-corrected chi connectivity index (χ2v) is 13.3. The molecule has 7 nitrogen and oxygen atoms in total. The first-order valence-corrected chi connectivity index (χ1v) is 16.5. The van der Waals surface area contributed by atoms with E-state index in [1.165, 1.54) is 23.6 Å². The van der Waals surface area contributed by atoms with Crippen molar-refractivity contribution < 1.29 is 50.9 Å². The van der Waals surface area contributed by atoms with Gasteiger partial charge in [-0.15, -0.1) is 11.3 Å². The zero-order valence-corrected chi connectivity index (χ0v) is 26.2. The number of carbonyl (C=O) groups excluding carboxylic acids is 2. The number of nitrogens with zero attached hydrogens (tertiary/aromatic N) is 1. The lowest BCUT2D eigenvalue weighted by molar-refractivity contribution is -0.143. The number of anilines is 1. The Hall–Kier alpha value is -3.67. The fourth-order valence-corrected chi connectivity index (χ4v) is 7.09. The van der Waals surface area contributed by atoms with E-state index < -0.39 is 53.1 Å². The molecule has 45 heavy (non-hydrogen) atoms. The van der Waals surface area contributed by atoms with E-state index in [1.54, 1.807) is 0 Å². The second kappa shape index (κ2) is 13.4. The first-order valence-electron chi connectivity index (χ1n) is 12.7. The Morgan fingerprint density at radius 2 is 1.69 bits per heavy atom. The Balaban J connectivity index is 1.60.